The number of benzene rings is 8. The Kier molecular flexibility index (Phi) is 5.91. The van der Waals surface area contributed by atoms with E-state index in [1.807, 2.05) is 6.07 Å². The summed E-state index contributed by atoms with van der Waals surface area (Å²) in [5.74, 6) is 0. The Bertz CT molecular complexity index is 2780. The first-order valence-electron chi connectivity index (χ1n) is 17.6. The van der Waals surface area contributed by atoms with Gasteiger partial charge < -0.3 is 9.32 Å². The number of hydrogen-bond donors (Lipinski definition) is 0. The Labute approximate surface area is 296 Å². The van der Waals surface area contributed by atoms with Crippen LogP contribution >= 0.6 is 0 Å². The number of anilines is 3. The quantitative estimate of drug-likeness (QED) is 0.189. The van der Waals surface area contributed by atoms with Crippen LogP contribution in [0.4, 0.5) is 17.1 Å². The Balaban J connectivity index is 1.29. The fourth-order valence-electron chi connectivity index (χ4n) is 9.17. The molecule has 0 fully saturated rings. The smallest absolute Gasteiger partial charge is 0.137 e. The highest BCUT2D eigenvalue weighted by molar-refractivity contribution is 6.15. The SMILES string of the molecule is c1ccc(-c2ccccc2N(c2cccc3c2-c2ccccc2C32c3ccccc3-c3ccccc32)c2cccc3oc4ccccc4c23)cc1. The molecule has 1 aromatic heterocycles. The summed E-state index contributed by atoms with van der Waals surface area (Å²) in [6.45, 7) is 0. The minimum atomic E-state index is -0.436. The van der Waals surface area contributed by atoms with E-state index >= 15 is 0 Å². The summed E-state index contributed by atoms with van der Waals surface area (Å²) in [7, 11) is 0. The molecule has 0 saturated heterocycles. The zero-order valence-electron chi connectivity index (χ0n) is 27.8. The van der Waals surface area contributed by atoms with Crippen LogP contribution in [0.3, 0.4) is 0 Å². The van der Waals surface area contributed by atoms with Crippen LogP contribution in [-0.4, -0.2) is 0 Å². The minimum Gasteiger partial charge on any atom is -0.456 e. The Morgan fingerprint density at radius 1 is 0.353 bits per heavy atom. The van der Waals surface area contributed by atoms with Crippen molar-refractivity contribution in [2.45, 2.75) is 5.41 Å². The van der Waals surface area contributed by atoms with E-state index in [1.165, 1.54) is 50.1 Å². The number of hydrogen-bond acceptors (Lipinski definition) is 2. The van der Waals surface area contributed by atoms with Crippen molar-refractivity contribution in [2.75, 3.05) is 4.90 Å². The molecule has 0 aliphatic heterocycles. The monoisotopic (exact) mass is 649 g/mol. The highest BCUT2D eigenvalue weighted by Crippen LogP contribution is 2.65. The van der Waals surface area contributed by atoms with E-state index in [9.17, 15) is 0 Å². The van der Waals surface area contributed by atoms with E-state index in [-0.39, 0.29) is 0 Å². The molecule has 0 bridgehead atoms. The molecule has 238 valence electrons. The molecule has 9 aromatic rings. The number of para-hydroxylation sites is 2. The first-order chi connectivity index (χ1) is 25.3. The van der Waals surface area contributed by atoms with Gasteiger partial charge in [0.05, 0.1) is 27.9 Å². The van der Waals surface area contributed by atoms with Gasteiger partial charge in [-0.3, -0.25) is 0 Å². The minimum absolute atomic E-state index is 0.436. The number of furan rings is 1. The van der Waals surface area contributed by atoms with Crippen molar-refractivity contribution >= 4 is 39.0 Å². The van der Waals surface area contributed by atoms with E-state index in [4.69, 9.17) is 4.42 Å². The largest absolute Gasteiger partial charge is 0.456 e. The van der Waals surface area contributed by atoms with Gasteiger partial charge in [-0.05, 0) is 74.8 Å². The summed E-state index contributed by atoms with van der Waals surface area (Å²) in [6, 6.07) is 68.4. The number of fused-ring (bicyclic) bond motifs is 13. The summed E-state index contributed by atoms with van der Waals surface area (Å²) >= 11 is 0. The fraction of sp³-hybridized carbons (Fsp3) is 0.0204. The van der Waals surface area contributed by atoms with Crippen molar-refractivity contribution in [3.8, 4) is 33.4 Å². The third kappa shape index (κ3) is 3.76. The lowest BCUT2D eigenvalue weighted by atomic mass is 9.70. The molecular weight excluding hydrogens is 619 g/mol. The van der Waals surface area contributed by atoms with Crippen molar-refractivity contribution in [1.82, 2.24) is 0 Å². The molecule has 1 spiro atoms. The summed E-state index contributed by atoms with van der Waals surface area (Å²) < 4.78 is 6.51. The standard InChI is InChI=1S/C49H31NO/c1-2-16-32(17-3-1)33-18-7-12-27-42(33)50(44-29-15-31-46-48(44)37-22-8-13-30-45(37)51-46)43-28-14-26-41-47(43)36-21-6-11-25-40(36)49(41)38-23-9-4-19-34(38)35-20-5-10-24-39(35)49/h1-31H. The van der Waals surface area contributed by atoms with Crippen molar-refractivity contribution in [2.24, 2.45) is 0 Å². The highest BCUT2D eigenvalue weighted by Gasteiger charge is 2.52. The molecule has 2 nitrogen and oxygen atoms in total. The van der Waals surface area contributed by atoms with E-state index in [2.05, 4.69) is 187 Å². The molecule has 2 aliphatic carbocycles. The van der Waals surface area contributed by atoms with Gasteiger partial charge in [-0.2, -0.15) is 0 Å². The van der Waals surface area contributed by atoms with Gasteiger partial charge >= 0.3 is 0 Å². The Morgan fingerprint density at radius 2 is 0.863 bits per heavy atom. The predicted octanol–water partition coefficient (Wildman–Crippen LogP) is 13.1. The maximum Gasteiger partial charge on any atom is 0.137 e. The van der Waals surface area contributed by atoms with Crippen LogP contribution in [0, 0.1) is 0 Å². The second-order valence-corrected chi connectivity index (χ2v) is 13.6. The van der Waals surface area contributed by atoms with Crippen molar-refractivity contribution in [3.63, 3.8) is 0 Å². The van der Waals surface area contributed by atoms with Crippen LogP contribution < -0.4 is 4.90 Å². The Hall–Kier alpha value is -6.64. The van der Waals surface area contributed by atoms with Gasteiger partial charge in [-0.1, -0.05) is 158 Å². The molecule has 8 aromatic carbocycles. The maximum absolute atomic E-state index is 6.51. The van der Waals surface area contributed by atoms with Crippen LogP contribution in [0.5, 0.6) is 0 Å². The lowest BCUT2D eigenvalue weighted by Crippen LogP contribution is -2.26. The molecule has 0 unspecified atom stereocenters. The average Bonchev–Trinajstić information content (AvgIpc) is 3.83. The van der Waals surface area contributed by atoms with Gasteiger partial charge in [0.25, 0.3) is 0 Å². The van der Waals surface area contributed by atoms with Crippen LogP contribution in [0.1, 0.15) is 22.3 Å². The zero-order valence-corrected chi connectivity index (χ0v) is 27.8. The summed E-state index contributed by atoms with van der Waals surface area (Å²) in [6.07, 6.45) is 0. The van der Waals surface area contributed by atoms with Gasteiger partial charge in [-0.15, -0.1) is 0 Å². The average molecular weight is 650 g/mol. The number of rotatable bonds is 4. The summed E-state index contributed by atoms with van der Waals surface area (Å²) in [5, 5.41) is 2.21. The van der Waals surface area contributed by atoms with Gasteiger partial charge in [0, 0.05) is 16.5 Å². The van der Waals surface area contributed by atoms with E-state index in [1.54, 1.807) is 0 Å². The highest BCUT2D eigenvalue weighted by atomic mass is 16.3. The molecule has 0 radical (unpaired) electrons. The molecule has 2 heteroatoms. The predicted molar refractivity (Wildman–Crippen MR) is 210 cm³/mol. The second kappa shape index (κ2) is 10.7. The first-order valence-corrected chi connectivity index (χ1v) is 17.6. The molecule has 2 aliphatic rings. The van der Waals surface area contributed by atoms with Crippen molar-refractivity contribution < 1.29 is 4.42 Å². The van der Waals surface area contributed by atoms with Crippen molar-refractivity contribution in [1.29, 1.82) is 0 Å². The van der Waals surface area contributed by atoms with Gasteiger partial charge in [0.1, 0.15) is 11.2 Å². The van der Waals surface area contributed by atoms with Gasteiger partial charge in [-0.25, -0.2) is 0 Å². The maximum atomic E-state index is 6.51. The third-order valence-corrected chi connectivity index (χ3v) is 11.1. The van der Waals surface area contributed by atoms with Crippen molar-refractivity contribution in [3.05, 3.63) is 210 Å². The molecule has 0 amide bonds. The van der Waals surface area contributed by atoms with E-state index in [0.717, 1.165) is 44.6 Å². The third-order valence-electron chi connectivity index (χ3n) is 11.1. The van der Waals surface area contributed by atoms with Crippen LogP contribution in [-0.2, 0) is 5.41 Å². The summed E-state index contributed by atoms with van der Waals surface area (Å²) in [4.78, 5) is 2.49. The lowest BCUT2D eigenvalue weighted by Gasteiger charge is -2.32. The molecular formula is C49H31NO. The first kappa shape index (κ1) is 28.2. The Morgan fingerprint density at radius 3 is 1.63 bits per heavy atom. The van der Waals surface area contributed by atoms with Gasteiger partial charge in [0.15, 0.2) is 0 Å². The zero-order chi connectivity index (χ0) is 33.5. The van der Waals surface area contributed by atoms with Gasteiger partial charge in [0.2, 0.25) is 0 Å². The molecule has 0 N–H and O–H groups in total. The molecule has 1 heterocycles. The molecule has 51 heavy (non-hydrogen) atoms. The van der Waals surface area contributed by atoms with Crippen LogP contribution in [0.2, 0.25) is 0 Å². The molecule has 0 saturated carbocycles. The van der Waals surface area contributed by atoms with E-state index < -0.39 is 5.41 Å². The normalized spacial score (nSPS) is 13.3. The van der Waals surface area contributed by atoms with Crippen LogP contribution in [0.25, 0.3) is 55.3 Å². The summed E-state index contributed by atoms with van der Waals surface area (Å²) in [5.41, 5.74) is 17.5. The van der Waals surface area contributed by atoms with E-state index in [0.29, 0.717) is 0 Å². The second-order valence-electron chi connectivity index (χ2n) is 13.6. The van der Waals surface area contributed by atoms with Crippen LogP contribution in [0.15, 0.2) is 192 Å². The molecule has 11 rings (SSSR count). The fourth-order valence-corrected chi connectivity index (χ4v) is 9.17. The lowest BCUT2D eigenvalue weighted by molar-refractivity contribution is 0.669. The molecule has 0 atom stereocenters. The number of nitrogens with zero attached hydrogens (tertiary/aromatic N) is 1. The topological polar surface area (TPSA) is 16.4 Å².